The monoisotopic (exact) mass is 520 g/mol. The van der Waals surface area contributed by atoms with E-state index in [1.807, 2.05) is 13.0 Å². The average Bonchev–Trinajstić information content (AvgIpc) is 3.23. The van der Waals surface area contributed by atoms with Crippen molar-refractivity contribution in [1.29, 1.82) is 0 Å². The molecule has 0 bridgehead atoms. The summed E-state index contributed by atoms with van der Waals surface area (Å²) in [5, 5.41) is 3.46. The second-order valence-corrected chi connectivity index (χ2v) is 11.4. The molecule has 2 aliphatic rings. The number of benzene rings is 1. The summed E-state index contributed by atoms with van der Waals surface area (Å²) in [6, 6.07) is 7.94. The van der Waals surface area contributed by atoms with Gasteiger partial charge in [0.25, 0.3) is 5.56 Å². The topological polar surface area (TPSA) is 98.2 Å². The smallest absolute Gasteiger partial charge is 0.323 e. The molecule has 1 saturated heterocycles. The number of carbonyl (C=O) groups is 1. The Balaban J connectivity index is 1.40. The van der Waals surface area contributed by atoms with Crippen LogP contribution >= 0.6 is 0 Å². The zero-order valence-corrected chi connectivity index (χ0v) is 22.8. The molecule has 5 rings (SSSR count). The van der Waals surface area contributed by atoms with Gasteiger partial charge in [-0.2, -0.15) is 0 Å². The van der Waals surface area contributed by atoms with Crippen molar-refractivity contribution in [2.24, 2.45) is 11.8 Å². The number of pyridine rings is 1. The highest BCUT2D eigenvalue weighted by Gasteiger charge is 2.27. The molecule has 1 aliphatic carbocycles. The third-order valence-electron chi connectivity index (χ3n) is 7.82. The van der Waals surface area contributed by atoms with Crippen LogP contribution < -0.4 is 10.9 Å². The van der Waals surface area contributed by atoms with Crippen LogP contribution in [0.1, 0.15) is 63.5 Å². The first-order chi connectivity index (χ1) is 18.4. The number of hydrogen-bond donors (Lipinski definition) is 2. The normalized spacial score (nSPS) is 17.6. The number of H-pyrrole nitrogens is 1. The molecule has 204 valence electrons. The molecule has 38 heavy (non-hydrogen) atoms. The minimum Gasteiger partial charge on any atom is -0.461 e. The van der Waals surface area contributed by atoms with Crippen LogP contribution in [-0.4, -0.2) is 45.9 Å². The van der Waals surface area contributed by atoms with Gasteiger partial charge >= 0.3 is 5.97 Å². The van der Waals surface area contributed by atoms with Crippen LogP contribution in [-0.2, 0) is 27.4 Å². The van der Waals surface area contributed by atoms with Gasteiger partial charge in [0.2, 0.25) is 0 Å². The number of fused-ring (bicyclic) bond motifs is 1. The number of aromatic nitrogens is 3. The van der Waals surface area contributed by atoms with E-state index < -0.39 is 0 Å². The number of carbonyl (C=O) groups excluding carboxylic acids is 1. The minimum atomic E-state index is -0.322. The summed E-state index contributed by atoms with van der Waals surface area (Å²) in [5.41, 5.74) is 4.54. The molecule has 8 heteroatoms. The summed E-state index contributed by atoms with van der Waals surface area (Å²) in [7, 11) is 0. The molecule has 0 amide bonds. The van der Waals surface area contributed by atoms with Gasteiger partial charge < -0.3 is 24.3 Å². The number of nitrogens with zero attached hydrogens (tertiary/aromatic N) is 2. The third kappa shape index (κ3) is 6.18. The van der Waals surface area contributed by atoms with Crippen molar-refractivity contribution in [3.8, 4) is 11.4 Å². The molecule has 0 unspecified atom stereocenters. The van der Waals surface area contributed by atoms with E-state index in [-0.39, 0.29) is 23.7 Å². The van der Waals surface area contributed by atoms with Crippen molar-refractivity contribution < 1.29 is 14.3 Å². The highest BCUT2D eigenvalue weighted by atomic mass is 16.5. The molecule has 1 atom stereocenters. The predicted molar refractivity (Wildman–Crippen MR) is 148 cm³/mol. The van der Waals surface area contributed by atoms with Crippen LogP contribution in [0.5, 0.6) is 0 Å². The lowest BCUT2D eigenvalue weighted by Crippen LogP contribution is -2.41. The Kier molecular flexibility index (Phi) is 8.29. The molecule has 2 N–H and O–H groups in total. The number of ether oxygens (including phenoxy) is 2. The second kappa shape index (κ2) is 11.8. The fraction of sp³-hybridized carbons (Fsp3) is 0.567. The molecule has 1 saturated carbocycles. The molecule has 0 spiro atoms. The number of hydrogen-bond acceptors (Lipinski definition) is 6. The zero-order chi connectivity index (χ0) is 26.6. The number of nitrogens with one attached hydrogen (secondary N) is 2. The van der Waals surface area contributed by atoms with Gasteiger partial charge in [0.05, 0.1) is 11.0 Å². The first-order valence-corrected chi connectivity index (χ1v) is 14.1. The van der Waals surface area contributed by atoms with Gasteiger partial charge in [-0.25, -0.2) is 4.98 Å². The maximum absolute atomic E-state index is 12.8. The average molecular weight is 521 g/mol. The summed E-state index contributed by atoms with van der Waals surface area (Å²) >= 11 is 0. The predicted octanol–water partition coefficient (Wildman–Crippen LogP) is 4.73. The zero-order valence-electron chi connectivity index (χ0n) is 22.8. The van der Waals surface area contributed by atoms with Crippen molar-refractivity contribution in [2.75, 3.05) is 13.2 Å². The Hall–Kier alpha value is -2.97. The molecule has 1 aliphatic heterocycles. The Morgan fingerprint density at radius 2 is 2.00 bits per heavy atom. The van der Waals surface area contributed by atoms with Gasteiger partial charge in [-0.1, -0.05) is 19.9 Å². The number of esters is 1. The number of aromatic amines is 1. The summed E-state index contributed by atoms with van der Waals surface area (Å²) in [4.78, 5) is 32.7. The maximum Gasteiger partial charge on any atom is 0.323 e. The molecule has 2 aromatic heterocycles. The quantitative estimate of drug-likeness (QED) is 0.375. The van der Waals surface area contributed by atoms with Crippen LogP contribution in [0, 0.1) is 18.8 Å². The van der Waals surface area contributed by atoms with E-state index in [4.69, 9.17) is 14.5 Å². The Bertz CT molecular complexity index is 1320. The SMILES string of the molecule is Cc1cc(-c2nc3cc(CN[C@@H](CC(C)C)C(=O)OC4CCC4)ccc3n2CC2CCOCC2)c[nH]c1=O. The van der Waals surface area contributed by atoms with Crippen LogP contribution in [0.3, 0.4) is 0 Å². The van der Waals surface area contributed by atoms with Gasteiger partial charge in [0.15, 0.2) is 0 Å². The highest BCUT2D eigenvalue weighted by Crippen LogP contribution is 2.29. The first-order valence-electron chi connectivity index (χ1n) is 14.1. The van der Waals surface area contributed by atoms with E-state index in [9.17, 15) is 9.59 Å². The lowest BCUT2D eigenvalue weighted by Gasteiger charge is -2.28. The Morgan fingerprint density at radius 3 is 2.68 bits per heavy atom. The third-order valence-corrected chi connectivity index (χ3v) is 7.82. The molecule has 8 nitrogen and oxygen atoms in total. The lowest BCUT2D eigenvalue weighted by molar-refractivity contribution is -0.156. The summed E-state index contributed by atoms with van der Waals surface area (Å²) in [6.45, 7) is 9.08. The molecular weight excluding hydrogens is 480 g/mol. The van der Waals surface area contributed by atoms with Gasteiger partial charge in [-0.15, -0.1) is 0 Å². The van der Waals surface area contributed by atoms with E-state index in [1.165, 1.54) is 0 Å². The summed E-state index contributed by atoms with van der Waals surface area (Å²) in [6.07, 6.45) is 7.73. The molecule has 3 heterocycles. The van der Waals surface area contributed by atoms with Crippen molar-refractivity contribution in [3.63, 3.8) is 0 Å². The number of aryl methyl sites for hydroxylation is 1. The van der Waals surface area contributed by atoms with Crippen molar-refractivity contribution in [1.82, 2.24) is 19.9 Å². The minimum absolute atomic E-state index is 0.0824. The van der Waals surface area contributed by atoms with E-state index in [0.717, 1.165) is 86.3 Å². The van der Waals surface area contributed by atoms with Crippen LogP contribution in [0.15, 0.2) is 35.3 Å². The van der Waals surface area contributed by atoms with Gasteiger partial charge in [-0.3, -0.25) is 9.59 Å². The molecule has 1 aromatic carbocycles. The lowest BCUT2D eigenvalue weighted by atomic mass is 9.96. The molecule has 0 radical (unpaired) electrons. The van der Waals surface area contributed by atoms with Gasteiger partial charge in [0.1, 0.15) is 18.0 Å². The molecule has 3 aromatic rings. The van der Waals surface area contributed by atoms with Gasteiger partial charge in [-0.05, 0) is 81.0 Å². The Morgan fingerprint density at radius 1 is 1.21 bits per heavy atom. The van der Waals surface area contributed by atoms with E-state index in [0.29, 0.717) is 23.9 Å². The van der Waals surface area contributed by atoms with Crippen molar-refractivity contribution in [3.05, 3.63) is 51.9 Å². The Labute approximate surface area is 224 Å². The van der Waals surface area contributed by atoms with E-state index in [2.05, 4.69) is 46.9 Å². The van der Waals surface area contributed by atoms with Crippen molar-refractivity contribution >= 4 is 17.0 Å². The van der Waals surface area contributed by atoms with Crippen LogP contribution in [0.4, 0.5) is 0 Å². The van der Waals surface area contributed by atoms with Crippen LogP contribution in [0.25, 0.3) is 22.4 Å². The largest absolute Gasteiger partial charge is 0.461 e. The first kappa shape index (κ1) is 26.6. The highest BCUT2D eigenvalue weighted by molar-refractivity contribution is 5.81. The second-order valence-electron chi connectivity index (χ2n) is 11.4. The van der Waals surface area contributed by atoms with Crippen molar-refractivity contribution in [2.45, 2.75) is 84.5 Å². The fourth-order valence-electron chi connectivity index (χ4n) is 5.31. The number of rotatable bonds is 10. The van der Waals surface area contributed by atoms with E-state index >= 15 is 0 Å². The van der Waals surface area contributed by atoms with E-state index in [1.54, 1.807) is 6.20 Å². The molecule has 2 fully saturated rings. The van der Waals surface area contributed by atoms with Gasteiger partial charge in [0, 0.05) is 43.6 Å². The number of imidazole rings is 1. The maximum atomic E-state index is 12.8. The summed E-state index contributed by atoms with van der Waals surface area (Å²) in [5.74, 6) is 1.62. The molecular formula is C30H40N4O4. The van der Waals surface area contributed by atoms with Crippen LogP contribution in [0.2, 0.25) is 0 Å². The fourth-order valence-corrected chi connectivity index (χ4v) is 5.31. The standard InChI is InChI=1S/C30H40N4O4/c1-19(2)13-26(30(36)38-24-5-4-6-24)31-16-22-7-8-27-25(15-22)33-28(23-14-20(3)29(35)32-17-23)34(27)18-21-9-11-37-12-10-21/h7-8,14-15,17,19,21,24,26,31H,4-6,9-13,16,18H2,1-3H3,(H,32,35)/t26-/m0/s1. The summed E-state index contributed by atoms with van der Waals surface area (Å²) < 4.78 is 13.6.